The van der Waals surface area contributed by atoms with E-state index in [1.165, 1.54) is 24.4 Å². The molecular formula is C13H14BrFN2O3S. The van der Waals surface area contributed by atoms with Crippen LogP contribution in [0.15, 0.2) is 27.8 Å². The van der Waals surface area contributed by atoms with E-state index in [1.807, 2.05) is 0 Å². The molecule has 2 rings (SSSR count). The van der Waals surface area contributed by atoms with Gasteiger partial charge in [0, 0.05) is 6.42 Å². The Kier molecular flexibility index (Phi) is 5.10. The molecule has 0 aliphatic carbocycles. The largest absolute Gasteiger partial charge is 0.273 e. The van der Waals surface area contributed by atoms with Crippen LogP contribution in [0.1, 0.15) is 18.4 Å². The fraction of sp³-hybridized carbons (Fsp3) is 0.385. The van der Waals surface area contributed by atoms with Crippen LogP contribution in [-0.4, -0.2) is 32.0 Å². The summed E-state index contributed by atoms with van der Waals surface area (Å²) >= 11 is 3.05. The minimum Gasteiger partial charge on any atom is -0.273 e. The fourth-order valence-corrected chi connectivity index (χ4v) is 4.37. The average molecular weight is 377 g/mol. The van der Waals surface area contributed by atoms with E-state index in [0.717, 1.165) is 0 Å². The number of hydrogen-bond acceptors (Lipinski definition) is 4. The molecule has 1 atom stereocenters. The maximum atomic E-state index is 13.0. The second-order valence-electron chi connectivity index (χ2n) is 4.94. The predicted octanol–water partition coefficient (Wildman–Crippen LogP) is 1.86. The number of hydrogen-bond donors (Lipinski definition) is 1. The predicted molar refractivity (Wildman–Crippen MR) is 81.2 cm³/mol. The van der Waals surface area contributed by atoms with Crippen molar-refractivity contribution in [2.24, 2.45) is 11.0 Å². The molecule has 1 N–H and O–H groups in total. The van der Waals surface area contributed by atoms with Gasteiger partial charge in [-0.25, -0.2) is 18.2 Å². The van der Waals surface area contributed by atoms with Crippen LogP contribution < -0.4 is 5.43 Å². The molecule has 1 saturated heterocycles. The van der Waals surface area contributed by atoms with Gasteiger partial charge in [-0.05, 0) is 46.0 Å². The van der Waals surface area contributed by atoms with Gasteiger partial charge in [-0.1, -0.05) is 6.07 Å². The van der Waals surface area contributed by atoms with Crippen LogP contribution in [0.25, 0.3) is 0 Å². The molecule has 0 bridgehead atoms. The van der Waals surface area contributed by atoms with Gasteiger partial charge in [0.05, 0.1) is 22.2 Å². The molecule has 0 unspecified atom stereocenters. The van der Waals surface area contributed by atoms with E-state index in [1.54, 1.807) is 0 Å². The van der Waals surface area contributed by atoms with E-state index in [9.17, 15) is 17.6 Å². The first-order chi connectivity index (χ1) is 9.85. The minimum absolute atomic E-state index is 0.0645. The molecule has 1 aliphatic heterocycles. The molecule has 1 amide bonds. The van der Waals surface area contributed by atoms with Crippen molar-refractivity contribution in [3.05, 3.63) is 34.1 Å². The van der Waals surface area contributed by atoms with Gasteiger partial charge in [0.25, 0.3) is 0 Å². The first-order valence-corrected chi connectivity index (χ1v) is 8.94. The van der Waals surface area contributed by atoms with Crippen LogP contribution in [0.3, 0.4) is 0 Å². The van der Waals surface area contributed by atoms with E-state index in [-0.39, 0.29) is 35.6 Å². The highest BCUT2D eigenvalue weighted by atomic mass is 79.9. The molecule has 1 aromatic carbocycles. The van der Waals surface area contributed by atoms with E-state index >= 15 is 0 Å². The number of benzene rings is 1. The summed E-state index contributed by atoms with van der Waals surface area (Å²) in [6.45, 7) is 0. The molecule has 1 aromatic rings. The number of nitrogens with one attached hydrogen (secondary N) is 1. The van der Waals surface area contributed by atoms with E-state index in [4.69, 9.17) is 0 Å². The zero-order chi connectivity index (χ0) is 15.5. The monoisotopic (exact) mass is 376 g/mol. The van der Waals surface area contributed by atoms with Crippen LogP contribution in [0.2, 0.25) is 0 Å². The van der Waals surface area contributed by atoms with Crippen molar-refractivity contribution >= 4 is 37.9 Å². The lowest BCUT2D eigenvalue weighted by Crippen LogP contribution is -2.21. The third kappa shape index (κ3) is 4.89. The lowest BCUT2D eigenvalue weighted by molar-refractivity contribution is -0.121. The van der Waals surface area contributed by atoms with E-state index in [2.05, 4.69) is 26.5 Å². The summed E-state index contributed by atoms with van der Waals surface area (Å²) in [6.07, 6.45) is 2.06. The summed E-state index contributed by atoms with van der Waals surface area (Å²) in [6, 6.07) is 4.35. The molecule has 114 valence electrons. The van der Waals surface area contributed by atoms with Gasteiger partial charge in [0.15, 0.2) is 9.84 Å². The SMILES string of the molecule is O=C(C[C@@H]1CCS(=O)(=O)C1)N/N=C\c1ccc(F)c(Br)c1. The van der Waals surface area contributed by atoms with E-state index in [0.29, 0.717) is 16.5 Å². The van der Waals surface area contributed by atoms with Gasteiger partial charge in [-0.3, -0.25) is 4.79 Å². The molecule has 1 heterocycles. The molecule has 0 aromatic heterocycles. The summed E-state index contributed by atoms with van der Waals surface area (Å²) in [7, 11) is -2.97. The fourth-order valence-electron chi connectivity index (χ4n) is 2.11. The maximum absolute atomic E-state index is 13.0. The van der Waals surface area contributed by atoms with Crippen molar-refractivity contribution in [2.45, 2.75) is 12.8 Å². The molecule has 1 fully saturated rings. The van der Waals surface area contributed by atoms with Crippen molar-refractivity contribution in [1.82, 2.24) is 5.43 Å². The normalized spacial score (nSPS) is 20.8. The zero-order valence-electron chi connectivity index (χ0n) is 11.1. The molecule has 21 heavy (non-hydrogen) atoms. The quantitative estimate of drug-likeness (QED) is 0.643. The standard InChI is InChI=1S/C13H14BrFN2O3S/c14-11-5-9(1-2-12(11)15)7-16-17-13(18)6-10-3-4-21(19,20)8-10/h1-2,5,7,10H,3-4,6,8H2,(H,17,18)/b16-7-/t10-/m0/s1. The molecular weight excluding hydrogens is 363 g/mol. The summed E-state index contributed by atoms with van der Waals surface area (Å²) in [5.74, 6) is -0.620. The minimum atomic E-state index is -2.97. The molecule has 0 radical (unpaired) electrons. The smallest absolute Gasteiger partial charge is 0.240 e. The summed E-state index contributed by atoms with van der Waals surface area (Å²) < 4.78 is 35.9. The maximum Gasteiger partial charge on any atom is 0.240 e. The third-order valence-corrected chi connectivity index (χ3v) is 5.59. The number of hydrazone groups is 1. The lowest BCUT2D eigenvalue weighted by atomic mass is 10.1. The van der Waals surface area contributed by atoms with E-state index < -0.39 is 9.84 Å². The Bertz CT molecular complexity index is 676. The van der Waals surface area contributed by atoms with Gasteiger partial charge in [0.2, 0.25) is 5.91 Å². The van der Waals surface area contributed by atoms with Crippen molar-refractivity contribution in [3.8, 4) is 0 Å². The Morgan fingerprint density at radius 1 is 1.52 bits per heavy atom. The Balaban J connectivity index is 1.83. The number of amides is 1. The summed E-state index contributed by atoms with van der Waals surface area (Å²) in [5, 5.41) is 3.77. The summed E-state index contributed by atoms with van der Waals surface area (Å²) in [5.41, 5.74) is 2.98. The topological polar surface area (TPSA) is 75.6 Å². The highest BCUT2D eigenvalue weighted by molar-refractivity contribution is 9.10. The van der Waals surface area contributed by atoms with Crippen LogP contribution in [0, 0.1) is 11.7 Å². The van der Waals surface area contributed by atoms with Crippen molar-refractivity contribution in [1.29, 1.82) is 0 Å². The highest BCUT2D eigenvalue weighted by Crippen LogP contribution is 2.21. The van der Waals surface area contributed by atoms with Crippen LogP contribution in [0.5, 0.6) is 0 Å². The average Bonchev–Trinajstić information content (AvgIpc) is 2.73. The lowest BCUT2D eigenvalue weighted by Gasteiger charge is -2.05. The number of carbonyl (C=O) groups excluding carboxylic acids is 1. The van der Waals surface area contributed by atoms with Crippen molar-refractivity contribution in [3.63, 3.8) is 0 Å². The number of carbonyl (C=O) groups is 1. The Morgan fingerprint density at radius 2 is 2.29 bits per heavy atom. The molecule has 0 spiro atoms. The van der Waals surface area contributed by atoms with Crippen LogP contribution >= 0.6 is 15.9 Å². The second kappa shape index (κ2) is 6.65. The zero-order valence-corrected chi connectivity index (χ0v) is 13.5. The van der Waals surface area contributed by atoms with Crippen LogP contribution in [-0.2, 0) is 14.6 Å². The summed E-state index contributed by atoms with van der Waals surface area (Å²) in [4.78, 5) is 11.6. The molecule has 8 heteroatoms. The first-order valence-electron chi connectivity index (χ1n) is 6.33. The second-order valence-corrected chi connectivity index (χ2v) is 8.02. The van der Waals surface area contributed by atoms with Gasteiger partial charge >= 0.3 is 0 Å². The number of sulfone groups is 1. The van der Waals surface area contributed by atoms with Crippen LogP contribution in [0.4, 0.5) is 4.39 Å². The molecule has 5 nitrogen and oxygen atoms in total. The van der Waals surface area contributed by atoms with Gasteiger partial charge < -0.3 is 0 Å². The van der Waals surface area contributed by atoms with Crippen molar-refractivity contribution in [2.75, 3.05) is 11.5 Å². The Hall–Kier alpha value is -1.28. The van der Waals surface area contributed by atoms with Crippen molar-refractivity contribution < 1.29 is 17.6 Å². The Morgan fingerprint density at radius 3 is 2.90 bits per heavy atom. The van der Waals surface area contributed by atoms with Gasteiger partial charge in [-0.15, -0.1) is 0 Å². The number of halogens is 2. The number of nitrogens with zero attached hydrogens (tertiary/aromatic N) is 1. The van der Waals surface area contributed by atoms with Gasteiger partial charge in [-0.2, -0.15) is 5.10 Å². The first kappa shape index (κ1) is 16.1. The van der Waals surface area contributed by atoms with Gasteiger partial charge in [0.1, 0.15) is 5.82 Å². The Labute approximate surface area is 130 Å². The molecule has 1 aliphatic rings. The highest BCUT2D eigenvalue weighted by Gasteiger charge is 2.29. The number of rotatable bonds is 4. The third-order valence-electron chi connectivity index (χ3n) is 3.15. The molecule has 0 saturated carbocycles.